The summed E-state index contributed by atoms with van der Waals surface area (Å²) in [7, 11) is 0. The van der Waals surface area contributed by atoms with Crippen LogP contribution in [-0.2, 0) is 11.3 Å². The first-order valence-corrected chi connectivity index (χ1v) is 9.45. The van der Waals surface area contributed by atoms with Crippen LogP contribution in [0.4, 0.5) is 17.1 Å². The van der Waals surface area contributed by atoms with Gasteiger partial charge in [0.1, 0.15) is 0 Å². The summed E-state index contributed by atoms with van der Waals surface area (Å²) in [5, 5.41) is 27.4. The molecule has 2 aromatic rings. The lowest BCUT2D eigenvalue weighted by atomic mass is 10.1. The zero-order chi connectivity index (χ0) is 21.7. The number of nitrogens with one attached hydrogen (secondary N) is 2. The Labute approximate surface area is 171 Å². The van der Waals surface area contributed by atoms with Gasteiger partial charge in [-0.05, 0) is 30.5 Å². The lowest BCUT2D eigenvalue weighted by molar-refractivity contribution is -0.394. The van der Waals surface area contributed by atoms with Gasteiger partial charge in [-0.3, -0.25) is 29.8 Å². The normalized spacial score (nSPS) is 13.6. The van der Waals surface area contributed by atoms with E-state index in [2.05, 4.69) is 10.6 Å². The molecule has 2 amide bonds. The Kier molecular flexibility index (Phi) is 6.35. The Morgan fingerprint density at radius 1 is 0.967 bits per heavy atom. The number of anilines is 1. The molecule has 2 aromatic carbocycles. The van der Waals surface area contributed by atoms with Gasteiger partial charge in [0.25, 0.3) is 17.3 Å². The second-order valence-electron chi connectivity index (χ2n) is 7.11. The smallest absolute Gasteiger partial charge is 0.277 e. The van der Waals surface area contributed by atoms with Crippen LogP contribution in [0.1, 0.15) is 41.6 Å². The van der Waals surface area contributed by atoms with Crippen molar-refractivity contribution in [2.75, 3.05) is 5.32 Å². The lowest BCUT2D eigenvalue weighted by Gasteiger charge is -2.12. The summed E-state index contributed by atoms with van der Waals surface area (Å²) in [6.07, 6.45) is 3.88. The van der Waals surface area contributed by atoms with E-state index in [-0.39, 0.29) is 23.9 Å². The van der Waals surface area contributed by atoms with Crippen LogP contribution < -0.4 is 10.6 Å². The van der Waals surface area contributed by atoms with Crippen molar-refractivity contribution in [2.24, 2.45) is 5.92 Å². The monoisotopic (exact) mass is 412 g/mol. The van der Waals surface area contributed by atoms with E-state index in [1.807, 2.05) is 0 Å². The second kappa shape index (κ2) is 9.12. The average molecular weight is 412 g/mol. The fourth-order valence-electron chi connectivity index (χ4n) is 3.41. The summed E-state index contributed by atoms with van der Waals surface area (Å²) >= 11 is 0. The molecule has 0 radical (unpaired) electrons. The van der Waals surface area contributed by atoms with Crippen LogP contribution in [0.25, 0.3) is 0 Å². The number of non-ortho nitro benzene ring substituents is 2. The molecule has 30 heavy (non-hydrogen) atoms. The molecule has 10 heteroatoms. The topological polar surface area (TPSA) is 144 Å². The van der Waals surface area contributed by atoms with Gasteiger partial charge < -0.3 is 10.6 Å². The number of nitrogens with zero attached hydrogens (tertiary/aromatic N) is 2. The van der Waals surface area contributed by atoms with E-state index < -0.39 is 27.1 Å². The molecule has 0 bridgehead atoms. The molecular weight excluding hydrogens is 392 g/mol. The predicted octanol–water partition coefficient (Wildman–Crippen LogP) is 3.56. The molecule has 0 heterocycles. The van der Waals surface area contributed by atoms with Crippen molar-refractivity contribution in [3.8, 4) is 0 Å². The number of carbonyl (C=O) groups excluding carboxylic acids is 2. The average Bonchev–Trinajstić information content (AvgIpc) is 3.27. The molecule has 1 aliphatic carbocycles. The summed E-state index contributed by atoms with van der Waals surface area (Å²) in [6.45, 7) is 0.0858. The van der Waals surface area contributed by atoms with Crippen LogP contribution in [0, 0.1) is 26.1 Å². The van der Waals surface area contributed by atoms with Crippen LogP contribution in [-0.4, -0.2) is 21.7 Å². The van der Waals surface area contributed by atoms with Crippen molar-refractivity contribution in [1.29, 1.82) is 0 Å². The van der Waals surface area contributed by atoms with E-state index >= 15 is 0 Å². The maximum Gasteiger partial charge on any atom is 0.277 e. The molecule has 1 fully saturated rings. The third-order valence-electron chi connectivity index (χ3n) is 4.96. The predicted molar refractivity (Wildman–Crippen MR) is 108 cm³/mol. The minimum Gasteiger partial charge on any atom is -0.348 e. The fourth-order valence-corrected chi connectivity index (χ4v) is 3.41. The van der Waals surface area contributed by atoms with E-state index in [9.17, 15) is 29.8 Å². The molecule has 0 atom stereocenters. The largest absolute Gasteiger partial charge is 0.348 e. The molecule has 0 aromatic heterocycles. The Hall–Kier alpha value is -3.82. The number of rotatable bonds is 7. The van der Waals surface area contributed by atoms with Crippen molar-refractivity contribution in [2.45, 2.75) is 32.2 Å². The molecular formula is C20H20N4O6. The number of hydrogen-bond donors (Lipinski definition) is 2. The Morgan fingerprint density at radius 3 is 2.20 bits per heavy atom. The third-order valence-corrected chi connectivity index (χ3v) is 4.96. The zero-order valence-electron chi connectivity index (χ0n) is 16.0. The minimum atomic E-state index is -0.791. The van der Waals surface area contributed by atoms with Crippen molar-refractivity contribution < 1.29 is 19.4 Å². The van der Waals surface area contributed by atoms with E-state index in [1.165, 1.54) is 0 Å². The molecule has 0 aliphatic heterocycles. The van der Waals surface area contributed by atoms with Gasteiger partial charge in [-0.25, -0.2) is 0 Å². The van der Waals surface area contributed by atoms with Crippen molar-refractivity contribution >= 4 is 28.9 Å². The number of hydrogen-bond acceptors (Lipinski definition) is 6. The molecule has 0 unspecified atom stereocenters. The third kappa shape index (κ3) is 5.16. The molecule has 156 valence electrons. The lowest BCUT2D eigenvalue weighted by Crippen LogP contribution is -2.23. The summed E-state index contributed by atoms with van der Waals surface area (Å²) in [6, 6.07) is 9.74. The molecule has 0 spiro atoms. The molecule has 10 nitrogen and oxygen atoms in total. The number of nitro benzene ring substituents is 2. The molecule has 0 saturated heterocycles. The highest BCUT2D eigenvalue weighted by atomic mass is 16.6. The van der Waals surface area contributed by atoms with Gasteiger partial charge in [-0.2, -0.15) is 0 Å². The Balaban J connectivity index is 1.66. The van der Waals surface area contributed by atoms with Crippen LogP contribution in [0.2, 0.25) is 0 Å². The molecule has 3 rings (SSSR count). The number of amides is 2. The van der Waals surface area contributed by atoms with Gasteiger partial charge in [-0.15, -0.1) is 0 Å². The molecule has 2 N–H and O–H groups in total. The van der Waals surface area contributed by atoms with Gasteiger partial charge in [0.15, 0.2) is 0 Å². The van der Waals surface area contributed by atoms with E-state index in [1.54, 1.807) is 24.3 Å². The first kappa shape index (κ1) is 20.9. The fraction of sp³-hybridized carbons (Fsp3) is 0.300. The molecule has 1 aliphatic rings. The highest BCUT2D eigenvalue weighted by molar-refractivity contribution is 5.95. The highest BCUT2D eigenvalue weighted by Crippen LogP contribution is 2.26. The number of benzene rings is 2. The van der Waals surface area contributed by atoms with Crippen LogP contribution in [0.3, 0.4) is 0 Å². The summed E-state index contributed by atoms with van der Waals surface area (Å²) in [5.41, 5.74) is 0.0654. The number of nitro groups is 2. The Bertz CT molecular complexity index is 968. The maximum atomic E-state index is 12.4. The van der Waals surface area contributed by atoms with E-state index in [4.69, 9.17) is 0 Å². The van der Waals surface area contributed by atoms with Crippen molar-refractivity contribution in [3.05, 3.63) is 73.8 Å². The minimum absolute atomic E-state index is 0.0161. The van der Waals surface area contributed by atoms with Gasteiger partial charge in [0.2, 0.25) is 5.91 Å². The van der Waals surface area contributed by atoms with Crippen molar-refractivity contribution in [1.82, 2.24) is 5.32 Å². The number of carbonyl (C=O) groups is 2. The van der Waals surface area contributed by atoms with E-state index in [0.717, 1.165) is 43.9 Å². The quantitative estimate of drug-likeness (QED) is 0.525. The second-order valence-corrected chi connectivity index (χ2v) is 7.11. The Morgan fingerprint density at radius 2 is 1.60 bits per heavy atom. The van der Waals surface area contributed by atoms with Crippen molar-refractivity contribution in [3.63, 3.8) is 0 Å². The summed E-state index contributed by atoms with van der Waals surface area (Å²) < 4.78 is 0. The maximum absolute atomic E-state index is 12.4. The van der Waals surface area contributed by atoms with Gasteiger partial charge in [0.05, 0.1) is 21.5 Å². The van der Waals surface area contributed by atoms with Gasteiger partial charge in [0, 0.05) is 30.3 Å². The first-order valence-electron chi connectivity index (χ1n) is 9.45. The SMILES string of the molecule is O=C(NCc1cccc(NC(=O)C2CCCC2)c1)c1cc([N+](=O)[O-])cc([N+](=O)[O-])c1. The summed E-state index contributed by atoms with van der Waals surface area (Å²) in [4.78, 5) is 45.0. The van der Waals surface area contributed by atoms with Crippen LogP contribution in [0.15, 0.2) is 42.5 Å². The first-order chi connectivity index (χ1) is 14.3. The van der Waals surface area contributed by atoms with Crippen LogP contribution >= 0.6 is 0 Å². The van der Waals surface area contributed by atoms with Gasteiger partial charge in [-0.1, -0.05) is 25.0 Å². The molecule has 1 saturated carbocycles. The zero-order valence-corrected chi connectivity index (χ0v) is 16.0. The van der Waals surface area contributed by atoms with E-state index in [0.29, 0.717) is 11.3 Å². The van der Waals surface area contributed by atoms with Crippen LogP contribution in [0.5, 0.6) is 0 Å². The summed E-state index contributed by atoms with van der Waals surface area (Å²) in [5.74, 6) is -0.669. The van der Waals surface area contributed by atoms with Gasteiger partial charge >= 0.3 is 0 Å². The standard InChI is InChI=1S/C20H20N4O6/c25-19(15-9-17(23(27)28)11-18(10-15)24(29)30)21-12-13-4-3-7-16(8-13)22-20(26)14-5-1-2-6-14/h3-4,7-11,14H,1-2,5-6,12H2,(H,21,25)(H,22,26). The highest BCUT2D eigenvalue weighted by Gasteiger charge is 2.23.